The molecule has 0 unspecified atom stereocenters. The van der Waals surface area contributed by atoms with Crippen LogP contribution in [0.3, 0.4) is 0 Å². The third-order valence-corrected chi connectivity index (χ3v) is 4.23. The summed E-state index contributed by atoms with van der Waals surface area (Å²) in [7, 11) is 0. The first kappa shape index (κ1) is 20.6. The van der Waals surface area contributed by atoms with Gasteiger partial charge in [-0.05, 0) is 6.92 Å². The first-order valence-electron chi connectivity index (χ1n) is 6.98. The van der Waals surface area contributed by atoms with Crippen LogP contribution >= 0.6 is 23.2 Å². The van der Waals surface area contributed by atoms with Gasteiger partial charge in [0.2, 0.25) is 0 Å². The van der Waals surface area contributed by atoms with E-state index < -0.39 is 12.1 Å². The number of quaternary nitrogens is 1. The lowest BCUT2D eigenvalue weighted by atomic mass is 10.1. The van der Waals surface area contributed by atoms with Gasteiger partial charge < -0.3 is 25.5 Å². The number of hydrogen-bond acceptors (Lipinski definition) is 3. The van der Waals surface area contributed by atoms with E-state index in [1.165, 1.54) is 0 Å². The summed E-state index contributed by atoms with van der Waals surface area (Å²) < 4.78 is 31.5. The van der Waals surface area contributed by atoms with Crippen LogP contribution in [0.4, 0.5) is 13.2 Å². The summed E-state index contributed by atoms with van der Waals surface area (Å²) in [5.41, 5.74) is 1.09. The van der Waals surface area contributed by atoms with Gasteiger partial charge in [0.25, 0.3) is 5.91 Å². The van der Waals surface area contributed by atoms with Crippen molar-refractivity contribution in [2.75, 3.05) is 13.1 Å². The van der Waals surface area contributed by atoms with Crippen LogP contribution in [0.25, 0.3) is 0 Å². The van der Waals surface area contributed by atoms with Crippen LogP contribution in [0.2, 0.25) is 10.0 Å². The van der Waals surface area contributed by atoms with Crippen molar-refractivity contribution >= 4 is 35.1 Å². The highest BCUT2D eigenvalue weighted by Crippen LogP contribution is 2.29. The summed E-state index contributed by atoms with van der Waals surface area (Å²) in [6.07, 6.45) is -3.20. The second-order valence-electron chi connectivity index (χ2n) is 5.15. The molecule has 2 rings (SSSR count). The number of rotatable bonds is 2. The minimum atomic E-state index is -5.19. The number of piperidine rings is 1. The number of carboxylic acids is 1. The smallest absolute Gasteiger partial charge is 0.430 e. The highest BCUT2D eigenvalue weighted by molar-refractivity contribution is 6.44. The number of H-pyrrole nitrogens is 1. The minimum Gasteiger partial charge on any atom is -0.542 e. The minimum absolute atomic E-state index is 0.170. The molecule has 1 aliphatic rings. The van der Waals surface area contributed by atoms with Crippen LogP contribution in [0, 0.1) is 6.92 Å². The van der Waals surface area contributed by atoms with Crippen molar-refractivity contribution in [3.05, 3.63) is 21.4 Å². The largest absolute Gasteiger partial charge is 0.542 e. The molecular formula is C13H16Cl2F3N3O3. The Morgan fingerprint density at radius 2 is 1.75 bits per heavy atom. The van der Waals surface area contributed by atoms with Crippen LogP contribution in [0.5, 0.6) is 0 Å². The number of halogens is 5. The molecule has 0 spiro atoms. The first-order valence-corrected chi connectivity index (χ1v) is 7.73. The number of hydrogen-bond donors (Lipinski definition) is 3. The Balaban J connectivity index is 0.000000351. The summed E-state index contributed by atoms with van der Waals surface area (Å²) in [5.74, 6) is -3.18. The first-order chi connectivity index (χ1) is 11.0. The molecule has 24 heavy (non-hydrogen) atoms. The SMILES string of the molecule is Cc1[nH]c(C(=O)NC2CC[NH2+]CC2)c(Cl)c1Cl.O=C([O-])C(F)(F)F. The average molecular weight is 390 g/mol. The number of aliphatic carboxylic acids is 1. The Kier molecular flexibility index (Phi) is 7.37. The number of nitrogens with one attached hydrogen (secondary N) is 2. The highest BCUT2D eigenvalue weighted by Gasteiger charge is 2.28. The molecule has 0 radical (unpaired) electrons. The number of nitrogens with two attached hydrogens (primary N) is 1. The molecule has 0 bridgehead atoms. The monoisotopic (exact) mass is 389 g/mol. The number of aryl methyl sites for hydroxylation is 1. The zero-order valence-electron chi connectivity index (χ0n) is 12.6. The molecule has 0 aromatic carbocycles. The van der Waals surface area contributed by atoms with E-state index in [0.29, 0.717) is 15.7 Å². The summed E-state index contributed by atoms with van der Waals surface area (Å²) >= 11 is 11.9. The molecule has 6 nitrogen and oxygen atoms in total. The van der Waals surface area contributed by atoms with E-state index in [1.54, 1.807) is 6.92 Å². The molecule has 2 heterocycles. The number of carboxylic acid groups (broad SMARTS) is 1. The molecule has 1 saturated heterocycles. The third-order valence-electron chi connectivity index (χ3n) is 3.29. The van der Waals surface area contributed by atoms with Gasteiger partial charge in [0.15, 0.2) is 0 Å². The van der Waals surface area contributed by atoms with Gasteiger partial charge in [0.1, 0.15) is 11.7 Å². The van der Waals surface area contributed by atoms with Gasteiger partial charge in [-0.15, -0.1) is 0 Å². The van der Waals surface area contributed by atoms with Crippen molar-refractivity contribution in [2.24, 2.45) is 0 Å². The lowest BCUT2D eigenvalue weighted by Crippen LogP contribution is -2.87. The molecule has 0 aliphatic carbocycles. The van der Waals surface area contributed by atoms with Gasteiger partial charge in [-0.1, -0.05) is 23.2 Å². The molecule has 136 valence electrons. The van der Waals surface area contributed by atoms with Crippen molar-refractivity contribution in [3.63, 3.8) is 0 Å². The maximum atomic E-state index is 12.0. The number of carbonyl (C=O) groups excluding carboxylic acids is 2. The van der Waals surface area contributed by atoms with E-state index >= 15 is 0 Å². The predicted molar refractivity (Wildman–Crippen MR) is 78.8 cm³/mol. The van der Waals surface area contributed by atoms with Crippen LogP contribution in [0.15, 0.2) is 0 Å². The van der Waals surface area contributed by atoms with Gasteiger partial charge in [-0.2, -0.15) is 13.2 Å². The summed E-state index contributed by atoms with van der Waals surface area (Å²) in [6.45, 7) is 3.91. The van der Waals surface area contributed by atoms with Crippen molar-refractivity contribution in [1.29, 1.82) is 0 Å². The molecule has 0 saturated carbocycles. The number of aromatic nitrogens is 1. The second-order valence-corrected chi connectivity index (χ2v) is 5.91. The van der Waals surface area contributed by atoms with E-state index in [4.69, 9.17) is 33.1 Å². The van der Waals surface area contributed by atoms with Crippen molar-refractivity contribution in [1.82, 2.24) is 10.3 Å². The van der Waals surface area contributed by atoms with E-state index in [-0.39, 0.29) is 11.9 Å². The van der Waals surface area contributed by atoms with Crippen LogP contribution in [-0.4, -0.2) is 42.2 Å². The normalized spacial score (nSPS) is 15.4. The second kappa shape index (κ2) is 8.59. The van der Waals surface area contributed by atoms with Crippen LogP contribution in [-0.2, 0) is 4.79 Å². The number of aromatic amines is 1. The number of carbonyl (C=O) groups is 2. The fraction of sp³-hybridized carbons (Fsp3) is 0.538. The topological polar surface area (TPSA) is 102 Å². The van der Waals surface area contributed by atoms with Gasteiger partial charge in [-0.25, -0.2) is 0 Å². The Bertz CT molecular complexity index is 599. The molecule has 1 fully saturated rings. The molecular weight excluding hydrogens is 374 g/mol. The Morgan fingerprint density at radius 3 is 2.12 bits per heavy atom. The molecule has 11 heteroatoms. The third kappa shape index (κ3) is 5.88. The van der Waals surface area contributed by atoms with Crippen LogP contribution < -0.4 is 15.7 Å². The molecule has 1 aromatic rings. The van der Waals surface area contributed by atoms with Crippen molar-refractivity contribution < 1.29 is 33.2 Å². The summed E-state index contributed by atoms with van der Waals surface area (Å²) in [5, 5.41) is 14.8. The Labute approximate surface area is 145 Å². The lowest BCUT2D eigenvalue weighted by Gasteiger charge is -2.21. The predicted octanol–water partition coefficient (Wildman–Crippen LogP) is 0.384. The van der Waals surface area contributed by atoms with Gasteiger partial charge >= 0.3 is 6.18 Å². The summed E-state index contributed by atoms with van der Waals surface area (Å²) in [6, 6.07) is 0.242. The Hall–Kier alpha value is -1.45. The number of amides is 1. The Morgan fingerprint density at radius 1 is 1.25 bits per heavy atom. The molecule has 1 aliphatic heterocycles. The van der Waals surface area contributed by atoms with E-state index in [2.05, 4.69) is 15.6 Å². The zero-order valence-corrected chi connectivity index (χ0v) is 14.1. The van der Waals surface area contributed by atoms with Gasteiger partial charge in [0.05, 0.1) is 23.1 Å². The molecule has 1 amide bonds. The van der Waals surface area contributed by atoms with E-state index in [0.717, 1.165) is 31.6 Å². The van der Waals surface area contributed by atoms with Crippen molar-refractivity contribution in [2.45, 2.75) is 32.0 Å². The van der Waals surface area contributed by atoms with Gasteiger partial charge in [-0.3, -0.25) is 4.79 Å². The van der Waals surface area contributed by atoms with E-state index in [9.17, 15) is 18.0 Å². The standard InChI is InChI=1S/C11H15Cl2N3O.C2HF3O2/c1-6-8(12)9(13)10(15-6)11(17)16-7-2-4-14-5-3-7;3-2(4,5)1(6)7/h7,14-15H,2-5H2,1H3,(H,16,17);(H,6,7). The van der Waals surface area contributed by atoms with Gasteiger partial charge in [0, 0.05) is 24.6 Å². The fourth-order valence-electron chi connectivity index (χ4n) is 2.06. The maximum absolute atomic E-state index is 12.0. The fourth-order valence-corrected chi connectivity index (χ4v) is 2.47. The quantitative estimate of drug-likeness (QED) is 0.681. The maximum Gasteiger partial charge on any atom is 0.430 e. The zero-order chi connectivity index (χ0) is 18.5. The molecule has 4 N–H and O–H groups in total. The summed E-state index contributed by atoms with van der Waals surface area (Å²) in [4.78, 5) is 23.7. The lowest BCUT2D eigenvalue weighted by molar-refractivity contribution is -0.663. The molecule has 0 atom stereocenters. The molecule has 1 aromatic heterocycles. The van der Waals surface area contributed by atoms with Crippen LogP contribution in [0.1, 0.15) is 29.0 Å². The average Bonchev–Trinajstić information content (AvgIpc) is 2.75. The van der Waals surface area contributed by atoms with E-state index in [1.807, 2.05) is 0 Å². The number of alkyl halides is 3. The van der Waals surface area contributed by atoms with Crippen molar-refractivity contribution in [3.8, 4) is 0 Å². The highest BCUT2D eigenvalue weighted by atomic mass is 35.5.